The van der Waals surface area contributed by atoms with Crippen LogP contribution in [-0.4, -0.2) is 24.5 Å². The van der Waals surface area contributed by atoms with Crippen molar-refractivity contribution in [3.63, 3.8) is 0 Å². The highest BCUT2D eigenvalue weighted by molar-refractivity contribution is 5.46. The molecule has 2 atom stereocenters. The van der Waals surface area contributed by atoms with E-state index in [1.165, 1.54) is 0 Å². The summed E-state index contributed by atoms with van der Waals surface area (Å²) in [5, 5.41) is 14.1. The standard InChI is InChI=1S/C20H33NO3/c1-8-23-14(2)24-17-10-9-15(11-16(17)22)20(12-18(3,4)5)19(6,7)13-21-20/h9-11,14,21-22H,8,12-13H2,1-7H3. The highest BCUT2D eigenvalue weighted by Gasteiger charge is 2.55. The Morgan fingerprint density at radius 3 is 2.38 bits per heavy atom. The van der Waals surface area contributed by atoms with Gasteiger partial charge in [-0.3, -0.25) is 0 Å². The molecule has 1 heterocycles. The summed E-state index contributed by atoms with van der Waals surface area (Å²) in [5.41, 5.74) is 1.29. The van der Waals surface area contributed by atoms with E-state index in [1.807, 2.05) is 26.0 Å². The lowest BCUT2D eigenvalue weighted by atomic mass is 9.57. The molecule has 0 bridgehead atoms. The van der Waals surface area contributed by atoms with Crippen LogP contribution < -0.4 is 10.1 Å². The van der Waals surface area contributed by atoms with Gasteiger partial charge < -0.3 is 19.9 Å². The molecule has 4 nitrogen and oxygen atoms in total. The van der Waals surface area contributed by atoms with Crippen LogP contribution in [0, 0.1) is 10.8 Å². The largest absolute Gasteiger partial charge is 0.504 e. The van der Waals surface area contributed by atoms with Crippen LogP contribution in [0.3, 0.4) is 0 Å². The fourth-order valence-corrected chi connectivity index (χ4v) is 3.68. The molecule has 24 heavy (non-hydrogen) atoms. The third-order valence-electron chi connectivity index (χ3n) is 4.93. The van der Waals surface area contributed by atoms with Gasteiger partial charge in [-0.2, -0.15) is 0 Å². The van der Waals surface area contributed by atoms with Gasteiger partial charge in [-0.15, -0.1) is 0 Å². The molecule has 136 valence electrons. The first-order chi connectivity index (χ1) is 11.0. The van der Waals surface area contributed by atoms with Gasteiger partial charge in [0.15, 0.2) is 17.8 Å². The van der Waals surface area contributed by atoms with Crippen LogP contribution >= 0.6 is 0 Å². The minimum atomic E-state index is -0.381. The Balaban J connectivity index is 2.31. The third-order valence-corrected chi connectivity index (χ3v) is 4.93. The smallest absolute Gasteiger partial charge is 0.197 e. The summed E-state index contributed by atoms with van der Waals surface area (Å²) in [6, 6.07) is 5.75. The average molecular weight is 335 g/mol. The van der Waals surface area contributed by atoms with Crippen molar-refractivity contribution in [1.29, 1.82) is 0 Å². The van der Waals surface area contributed by atoms with Gasteiger partial charge in [0, 0.05) is 13.2 Å². The highest BCUT2D eigenvalue weighted by Crippen LogP contribution is 2.53. The minimum Gasteiger partial charge on any atom is -0.504 e. The van der Waals surface area contributed by atoms with Gasteiger partial charge in [0.05, 0.1) is 5.54 Å². The Labute approximate surface area is 146 Å². The van der Waals surface area contributed by atoms with Gasteiger partial charge in [-0.05, 0) is 48.8 Å². The molecule has 2 unspecified atom stereocenters. The molecule has 1 fully saturated rings. The molecule has 1 aliphatic rings. The van der Waals surface area contributed by atoms with Crippen LogP contribution in [0.1, 0.15) is 60.5 Å². The molecule has 2 N–H and O–H groups in total. The number of benzene rings is 1. The summed E-state index contributed by atoms with van der Waals surface area (Å²) in [4.78, 5) is 0. The summed E-state index contributed by atoms with van der Waals surface area (Å²) < 4.78 is 11.0. The number of nitrogens with one attached hydrogen (secondary N) is 1. The van der Waals surface area contributed by atoms with Crippen molar-refractivity contribution in [2.45, 2.75) is 66.7 Å². The number of ether oxygens (including phenoxy) is 2. The molecular formula is C20H33NO3. The lowest BCUT2D eigenvalue weighted by molar-refractivity contribution is -0.0625. The summed E-state index contributed by atoms with van der Waals surface area (Å²) in [6.45, 7) is 16.6. The van der Waals surface area contributed by atoms with E-state index in [4.69, 9.17) is 9.47 Å². The van der Waals surface area contributed by atoms with E-state index in [9.17, 15) is 5.11 Å². The Hall–Kier alpha value is -1.26. The van der Waals surface area contributed by atoms with Crippen molar-refractivity contribution in [2.75, 3.05) is 13.2 Å². The monoisotopic (exact) mass is 335 g/mol. The molecule has 0 amide bonds. The number of phenolic OH excluding ortho intramolecular Hbond substituents is 1. The normalized spacial score (nSPS) is 24.3. The van der Waals surface area contributed by atoms with E-state index in [0.29, 0.717) is 12.4 Å². The molecule has 1 aliphatic heterocycles. The zero-order valence-corrected chi connectivity index (χ0v) is 16.2. The molecule has 1 aromatic rings. The van der Waals surface area contributed by atoms with Crippen molar-refractivity contribution in [1.82, 2.24) is 5.32 Å². The molecule has 0 aromatic heterocycles. The Kier molecular flexibility index (Phi) is 5.22. The van der Waals surface area contributed by atoms with Crippen LogP contribution in [0.4, 0.5) is 0 Å². The average Bonchev–Trinajstić information content (AvgIpc) is 2.45. The number of hydrogen-bond donors (Lipinski definition) is 2. The second-order valence-electron chi connectivity index (χ2n) is 8.70. The van der Waals surface area contributed by atoms with Gasteiger partial charge >= 0.3 is 0 Å². The predicted molar refractivity (Wildman–Crippen MR) is 97.4 cm³/mol. The number of aromatic hydroxyl groups is 1. The molecule has 0 aliphatic carbocycles. The van der Waals surface area contributed by atoms with Crippen molar-refractivity contribution in [2.24, 2.45) is 10.8 Å². The second kappa shape index (κ2) is 6.57. The summed E-state index contributed by atoms with van der Waals surface area (Å²) in [5.74, 6) is 0.625. The molecule has 4 heteroatoms. The summed E-state index contributed by atoms with van der Waals surface area (Å²) in [7, 11) is 0. The fourth-order valence-electron chi connectivity index (χ4n) is 3.68. The predicted octanol–water partition coefficient (Wildman–Crippen LogP) is 4.41. The molecule has 0 spiro atoms. The summed E-state index contributed by atoms with van der Waals surface area (Å²) in [6.07, 6.45) is 0.621. The fraction of sp³-hybridized carbons (Fsp3) is 0.700. The van der Waals surface area contributed by atoms with Gasteiger partial charge in [0.1, 0.15) is 0 Å². The molecule has 1 saturated heterocycles. The summed E-state index contributed by atoms with van der Waals surface area (Å²) >= 11 is 0. The van der Waals surface area contributed by atoms with E-state index in [2.05, 4.69) is 46.0 Å². The van der Waals surface area contributed by atoms with Crippen molar-refractivity contribution >= 4 is 0 Å². The van der Waals surface area contributed by atoms with Gasteiger partial charge in [-0.1, -0.05) is 40.7 Å². The van der Waals surface area contributed by atoms with Crippen LogP contribution in [0.5, 0.6) is 11.5 Å². The lowest BCUT2D eigenvalue weighted by Crippen LogP contribution is -2.69. The maximum atomic E-state index is 10.5. The maximum absolute atomic E-state index is 10.5. The minimum absolute atomic E-state index is 0.132. The zero-order chi connectivity index (χ0) is 18.2. The van der Waals surface area contributed by atoms with Gasteiger partial charge in [0.25, 0.3) is 0 Å². The Morgan fingerprint density at radius 2 is 1.96 bits per heavy atom. The molecule has 0 saturated carbocycles. The third kappa shape index (κ3) is 3.70. The molecule has 2 rings (SSSR count). The van der Waals surface area contributed by atoms with E-state index < -0.39 is 0 Å². The van der Waals surface area contributed by atoms with E-state index in [1.54, 1.807) is 0 Å². The molecule has 1 aromatic carbocycles. The van der Waals surface area contributed by atoms with Gasteiger partial charge in [0.2, 0.25) is 0 Å². The highest BCUT2D eigenvalue weighted by atomic mass is 16.7. The van der Waals surface area contributed by atoms with Crippen molar-refractivity contribution in [3.8, 4) is 11.5 Å². The van der Waals surface area contributed by atoms with Gasteiger partial charge in [-0.25, -0.2) is 0 Å². The van der Waals surface area contributed by atoms with Crippen LogP contribution in [0.25, 0.3) is 0 Å². The first-order valence-electron chi connectivity index (χ1n) is 8.87. The number of hydrogen-bond acceptors (Lipinski definition) is 4. The van der Waals surface area contributed by atoms with E-state index >= 15 is 0 Å². The quantitative estimate of drug-likeness (QED) is 0.756. The maximum Gasteiger partial charge on any atom is 0.197 e. The molecule has 0 radical (unpaired) electrons. The Morgan fingerprint density at radius 1 is 1.29 bits per heavy atom. The van der Waals surface area contributed by atoms with Crippen LogP contribution in [-0.2, 0) is 10.3 Å². The first kappa shape index (κ1) is 19.1. The lowest BCUT2D eigenvalue weighted by Gasteiger charge is -2.60. The second-order valence-corrected chi connectivity index (χ2v) is 8.70. The Bertz CT molecular complexity index is 577. The first-order valence-corrected chi connectivity index (χ1v) is 8.87. The topological polar surface area (TPSA) is 50.7 Å². The van der Waals surface area contributed by atoms with Crippen molar-refractivity contribution in [3.05, 3.63) is 23.8 Å². The van der Waals surface area contributed by atoms with Crippen molar-refractivity contribution < 1.29 is 14.6 Å². The number of rotatable bonds is 6. The van der Waals surface area contributed by atoms with Crippen LogP contribution in [0.15, 0.2) is 18.2 Å². The van der Waals surface area contributed by atoms with E-state index in [-0.39, 0.29) is 28.4 Å². The molecular weight excluding hydrogens is 302 g/mol. The zero-order valence-electron chi connectivity index (χ0n) is 16.2. The van der Waals surface area contributed by atoms with E-state index in [0.717, 1.165) is 18.5 Å². The SMILES string of the molecule is CCOC(C)Oc1ccc(C2(CC(C)(C)C)NCC2(C)C)cc1O. The van der Waals surface area contributed by atoms with Crippen LogP contribution in [0.2, 0.25) is 0 Å². The number of phenols is 1.